The lowest BCUT2D eigenvalue weighted by Gasteiger charge is -2.12. The van der Waals surface area contributed by atoms with E-state index in [0.29, 0.717) is 23.2 Å². The molecule has 0 amide bonds. The number of hydrogen-bond donors (Lipinski definition) is 1. The SMILES string of the molecule is CCOc1cccnc1-n1cccc1C(N)=S. The van der Waals surface area contributed by atoms with Gasteiger partial charge in [0.2, 0.25) is 0 Å². The molecule has 0 radical (unpaired) electrons. The van der Waals surface area contributed by atoms with Gasteiger partial charge in [-0.1, -0.05) is 12.2 Å². The van der Waals surface area contributed by atoms with E-state index in [1.165, 1.54) is 0 Å². The quantitative estimate of drug-likeness (QED) is 0.838. The molecule has 0 aromatic carbocycles. The second kappa shape index (κ2) is 4.97. The van der Waals surface area contributed by atoms with Gasteiger partial charge in [0.25, 0.3) is 0 Å². The Morgan fingerprint density at radius 1 is 1.47 bits per heavy atom. The van der Waals surface area contributed by atoms with Gasteiger partial charge in [-0.05, 0) is 31.2 Å². The van der Waals surface area contributed by atoms with Crippen LogP contribution in [0.1, 0.15) is 12.6 Å². The number of ether oxygens (including phenoxy) is 1. The Hall–Kier alpha value is -1.88. The van der Waals surface area contributed by atoms with E-state index in [1.54, 1.807) is 6.20 Å². The topological polar surface area (TPSA) is 53.1 Å². The molecule has 2 N–H and O–H groups in total. The molecule has 0 fully saturated rings. The molecule has 0 saturated carbocycles. The molecule has 2 aromatic rings. The molecule has 0 saturated heterocycles. The number of thiocarbonyl (C=S) groups is 1. The second-order valence-corrected chi connectivity index (χ2v) is 3.83. The van der Waals surface area contributed by atoms with E-state index >= 15 is 0 Å². The van der Waals surface area contributed by atoms with Gasteiger partial charge in [0.15, 0.2) is 11.6 Å². The standard InChI is InChI=1S/C12H13N3OS/c1-2-16-10-6-3-7-14-12(10)15-8-4-5-9(15)11(13)17/h3-8H,2H2,1H3,(H2,13,17). The van der Waals surface area contributed by atoms with Gasteiger partial charge in [0.05, 0.1) is 12.3 Å². The van der Waals surface area contributed by atoms with Crippen LogP contribution >= 0.6 is 12.2 Å². The van der Waals surface area contributed by atoms with Crippen molar-refractivity contribution < 1.29 is 4.74 Å². The van der Waals surface area contributed by atoms with Gasteiger partial charge < -0.3 is 10.5 Å². The molecule has 17 heavy (non-hydrogen) atoms. The number of hydrogen-bond acceptors (Lipinski definition) is 3. The van der Waals surface area contributed by atoms with Crippen LogP contribution in [0.25, 0.3) is 5.82 Å². The molecule has 0 aliphatic rings. The summed E-state index contributed by atoms with van der Waals surface area (Å²) in [5, 5.41) is 0. The summed E-state index contributed by atoms with van der Waals surface area (Å²) in [6.07, 6.45) is 3.57. The van der Waals surface area contributed by atoms with Crippen LogP contribution in [0, 0.1) is 0 Å². The molecule has 2 rings (SSSR count). The van der Waals surface area contributed by atoms with Crippen molar-refractivity contribution in [2.24, 2.45) is 5.73 Å². The summed E-state index contributed by atoms with van der Waals surface area (Å²) in [5.74, 6) is 1.41. The highest BCUT2D eigenvalue weighted by Gasteiger charge is 2.11. The second-order valence-electron chi connectivity index (χ2n) is 3.39. The normalized spacial score (nSPS) is 10.2. The molecule has 0 bridgehead atoms. The fourth-order valence-corrected chi connectivity index (χ4v) is 1.76. The van der Waals surface area contributed by atoms with Crippen LogP contribution in [-0.2, 0) is 0 Å². The first-order valence-electron chi connectivity index (χ1n) is 5.29. The van der Waals surface area contributed by atoms with Gasteiger partial charge in [-0.3, -0.25) is 4.57 Å². The zero-order chi connectivity index (χ0) is 12.3. The summed E-state index contributed by atoms with van der Waals surface area (Å²) in [6, 6.07) is 7.43. The third kappa shape index (κ3) is 2.29. The smallest absolute Gasteiger partial charge is 0.180 e. The lowest BCUT2D eigenvalue weighted by molar-refractivity contribution is 0.337. The Labute approximate surface area is 105 Å². The van der Waals surface area contributed by atoms with Crippen LogP contribution < -0.4 is 10.5 Å². The first kappa shape index (κ1) is 11.6. The van der Waals surface area contributed by atoms with Crippen LogP contribution in [0.4, 0.5) is 0 Å². The number of pyridine rings is 1. The van der Waals surface area contributed by atoms with E-state index in [4.69, 9.17) is 22.7 Å². The largest absolute Gasteiger partial charge is 0.490 e. The average molecular weight is 247 g/mol. The molecule has 4 nitrogen and oxygen atoms in total. The lowest BCUT2D eigenvalue weighted by Crippen LogP contribution is -2.15. The molecule has 0 aliphatic heterocycles. The fraction of sp³-hybridized carbons (Fsp3) is 0.167. The van der Waals surface area contributed by atoms with Crippen LogP contribution in [0.3, 0.4) is 0 Å². The fourth-order valence-electron chi connectivity index (χ4n) is 1.60. The highest BCUT2D eigenvalue weighted by Crippen LogP contribution is 2.21. The van der Waals surface area contributed by atoms with Crippen molar-refractivity contribution in [2.45, 2.75) is 6.92 Å². The minimum absolute atomic E-state index is 0.336. The minimum atomic E-state index is 0.336. The van der Waals surface area contributed by atoms with E-state index in [0.717, 1.165) is 5.69 Å². The molecular weight excluding hydrogens is 234 g/mol. The maximum absolute atomic E-state index is 5.66. The zero-order valence-corrected chi connectivity index (χ0v) is 10.3. The summed E-state index contributed by atoms with van der Waals surface area (Å²) < 4.78 is 7.35. The third-order valence-electron chi connectivity index (χ3n) is 2.28. The molecule has 0 unspecified atom stereocenters. The van der Waals surface area contributed by atoms with Crippen molar-refractivity contribution in [1.82, 2.24) is 9.55 Å². The molecule has 2 aromatic heterocycles. The molecule has 5 heteroatoms. The van der Waals surface area contributed by atoms with Crippen LogP contribution in [-0.4, -0.2) is 21.1 Å². The summed E-state index contributed by atoms with van der Waals surface area (Å²) >= 11 is 5.00. The Morgan fingerprint density at radius 2 is 2.29 bits per heavy atom. The van der Waals surface area contributed by atoms with Crippen molar-refractivity contribution in [3.8, 4) is 11.6 Å². The van der Waals surface area contributed by atoms with Gasteiger partial charge in [-0.25, -0.2) is 4.98 Å². The van der Waals surface area contributed by atoms with Gasteiger partial charge in [0, 0.05) is 12.4 Å². The number of nitrogens with zero attached hydrogens (tertiary/aromatic N) is 2. The number of aromatic nitrogens is 2. The molecule has 0 aliphatic carbocycles. The summed E-state index contributed by atoms with van der Waals surface area (Å²) in [4.78, 5) is 4.64. The van der Waals surface area contributed by atoms with Crippen molar-refractivity contribution in [3.05, 3.63) is 42.4 Å². The van der Waals surface area contributed by atoms with E-state index in [2.05, 4.69) is 4.98 Å². The third-order valence-corrected chi connectivity index (χ3v) is 2.49. The van der Waals surface area contributed by atoms with Gasteiger partial charge in [-0.15, -0.1) is 0 Å². The molecule has 88 valence electrons. The van der Waals surface area contributed by atoms with Gasteiger partial charge in [-0.2, -0.15) is 0 Å². The monoisotopic (exact) mass is 247 g/mol. The Bertz CT molecular complexity index is 536. The maximum atomic E-state index is 5.66. The van der Waals surface area contributed by atoms with E-state index in [1.807, 2.05) is 42.0 Å². The highest BCUT2D eigenvalue weighted by molar-refractivity contribution is 7.80. The van der Waals surface area contributed by atoms with Gasteiger partial charge in [0.1, 0.15) is 4.99 Å². The van der Waals surface area contributed by atoms with Crippen LogP contribution in [0.2, 0.25) is 0 Å². The summed E-state index contributed by atoms with van der Waals surface area (Å²) in [5.41, 5.74) is 6.41. The van der Waals surface area contributed by atoms with Gasteiger partial charge >= 0.3 is 0 Å². The number of rotatable bonds is 4. The van der Waals surface area contributed by atoms with Crippen LogP contribution in [0.15, 0.2) is 36.7 Å². The Kier molecular flexibility index (Phi) is 3.39. The van der Waals surface area contributed by atoms with E-state index in [-0.39, 0.29) is 0 Å². The van der Waals surface area contributed by atoms with Crippen molar-refractivity contribution in [3.63, 3.8) is 0 Å². The molecule has 0 spiro atoms. The predicted octanol–water partition coefficient (Wildman–Crippen LogP) is 1.91. The molecule has 0 atom stereocenters. The Morgan fingerprint density at radius 3 is 3.00 bits per heavy atom. The molecule has 2 heterocycles. The first-order valence-corrected chi connectivity index (χ1v) is 5.70. The summed E-state index contributed by atoms with van der Waals surface area (Å²) in [7, 11) is 0. The van der Waals surface area contributed by atoms with E-state index in [9.17, 15) is 0 Å². The zero-order valence-electron chi connectivity index (χ0n) is 9.46. The average Bonchev–Trinajstić information content (AvgIpc) is 2.79. The predicted molar refractivity (Wildman–Crippen MR) is 70.6 cm³/mol. The Balaban J connectivity index is 2.52. The van der Waals surface area contributed by atoms with Crippen molar-refractivity contribution >= 4 is 17.2 Å². The minimum Gasteiger partial charge on any atom is -0.490 e. The summed E-state index contributed by atoms with van der Waals surface area (Å²) in [6.45, 7) is 2.52. The lowest BCUT2D eigenvalue weighted by atomic mass is 10.4. The van der Waals surface area contributed by atoms with Crippen LogP contribution in [0.5, 0.6) is 5.75 Å². The van der Waals surface area contributed by atoms with Crippen molar-refractivity contribution in [2.75, 3.05) is 6.61 Å². The maximum Gasteiger partial charge on any atom is 0.180 e. The van der Waals surface area contributed by atoms with E-state index < -0.39 is 0 Å². The van der Waals surface area contributed by atoms with Crippen molar-refractivity contribution in [1.29, 1.82) is 0 Å². The number of nitrogens with two attached hydrogens (primary N) is 1. The highest BCUT2D eigenvalue weighted by atomic mass is 32.1. The first-order chi connectivity index (χ1) is 8.24. The molecular formula is C12H13N3OS.